The zero-order valence-electron chi connectivity index (χ0n) is 18.4. The average molecular weight is 493 g/mol. The predicted molar refractivity (Wildman–Crippen MR) is 129 cm³/mol. The van der Waals surface area contributed by atoms with E-state index in [-0.39, 0.29) is 41.9 Å². The Balaban J connectivity index is 1.26. The number of likely N-dealkylation sites (tertiary alicyclic amines) is 1. The minimum atomic E-state index is -1.94. The molecular formula is C26H21ClN2O6. The van der Waals surface area contributed by atoms with Gasteiger partial charge < -0.3 is 19.8 Å². The van der Waals surface area contributed by atoms with Crippen molar-refractivity contribution < 1.29 is 29.3 Å². The van der Waals surface area contributed by atoms with Gasteiger partial charge in [0.15, 0.2) is 5.60 Å². The summed E-state index contributed by atoms with van der Waals surface area (Å²) in [5.41, 5.74) is 2.84. The second kappa shape index (κ2) is 8.72. The standard InChI is InChI=1S/C26H21ClN2O6/c27-21-10-9-15(23(30)29-13-26(34,14-29)24(31)32)11-22(21)28-25(33)35-12-20-18-7-3-1-5-16(18)17-6-2-4-8-19(17)20/h1-11,20,34H,12-14H2,(H,28,33)(H,31,32). The first kappa shape index (κ1) is 22.9. The summed E-state index contributed by atoms with van der Waals surface area (Å²) in [4.78, 5) is 37.5. The number of halogens is 1. The van der Waals surface area contributed by atoms with Crippen LogP contribution in [0, 0.1) is 0 Å². The number of benzene rings is 3. The fraction of sp³-hybridized carbons (Fsp3) is 0.192. The van der Waals surface area contributed by atoms with Gasteiger partial charge in [0.25, 0.3) is 5.91 Å². The Kier molecular flexibility index (Phi) is 5.70. The number of nitrogens with one attached hydrogen (secondary N) is 1. The number of ether oxygens (including phenoxy) is 1. The van der Waals surface area contributed by atoms with E-state index >= 15 is 0 Å². The Morgan fingerprint density at radius 3 is 2.20 bits per heavy atom. The lowest BCUT2D eigenvalue weighted by molar-refractivity contribution is -0.173. The molecule has 8 nitrogen and oxygen atoms in total. The lowest BCUT2D eigenvalue weighted by Gasteiger charge is -2.43. The van der Waals surface area contributed by atoms with Gasteiger partial charge >= 0.3 is 12.1 Å². The Morgan fingerprint density at radius 1 is 1.00 bits per heavy atom. The largest absolute Gasteiger partial charge is 0.479 e. The molecule has 3 N–H and O–H groups in total. The van der Waals surface area contributed by atoms with Gasteiger partial charge in [0.05, 0.1) is 23.8 Å². The van der Waals surface area contributed by atoms with E-state index in [9.17, 15) is 19.5 Å². The fourth-order valence-corrected chi connectivity index (χ4v) is 4.71. The van der Waals surface area contributed by atoms with Crippen molar-refractivity contribution in [2.45, 2.75) is 11.5 Å². The van der Waals surface area contributed by atoms with Gasteiger partial charge in [-0.15, -0.1) is 0 Å². The number of hydrogen-bond donors (Lipinski definition) is 3. The zero-order valence-corrected chi connectivity index (χ0v) is 19.2. The van der Waals surface area contributed by atoms with Crippen LogP contribution in [0.15, 0.2) is 66.7 Å². The fourth-order valence-electron chi connectivity index (χ4n) is 4.55. The summed E-state index contributed by atoms with van der Waals surface area (Å²) in [6.45, 7) is -0.518. The maximum Gasteiger partial charge on any atom is 0.411 e. The summed E-state index contributed by atoms with van der Waals surface area (Å²) in [7, 11) is 0. The van der Waals surface area contributed by atoms with Crippen LogP contribution in [0.5, 0.6) is 0 Å². The monoisotopic (exact) mass is 492 g/mol. The first-order valence-corrected chi connectivity index (χ1v) is 11.3. The summed E-state index contributed by atoms with van der Waals surface area (Å²) in [6, 6.07) is 20.3. The van der Waals surface area contributed by atoms with Gasteiger partial charge in [-0.25, -0.2) is 9.59 Å². The van der Waals surface area contributed by atoms with Crippen molar-refractivity contribution in [2.24, 2.45) is 0 Å². The molecule has 1 saturated heterocycles. The number of fused-ring (bicyclic) bond motifs is 3. The SMILES string of the molecule is O=C(Nc1cc(C(=O)N2CC(O)(C(=O)O)C2)ccc1Cl)OCC1c2ccccc2-c2ccccc21. The second-order valence-electron chi connectivity index (χ2n) is 8.64. The highest BCUT2D eigenvalue weighted by Gasteiger charge is 2.50. The summed E-state index contributed by atoms with van der Waals surface area (Å²) in [5.74, 6) is -1.96. The smallest absolute Gasteiger partial charge is 0.411 e. The Labute approximate surface area is 205 Å². The van der Waals surface area contributed by atoms with Crippen LogP contribution in [0.1, 0.15) is 27.4 Å². The Hall–Kier alpha value is -3.88. The molecule has 0 spiro atoms. The molecule has 0 atom stereocenters. The number of nitrogens with zero attached hydrogens (tertiary/aromatic N) is 1. The second-order valence-corrected chi connectivity index (χ2v) is 9.05. The van der Waals surface area contributed by atoms with Gasteiger partial charge in [-0.2, -0.15) is 0 Å². The molecule has 0 saturated carbocycles. The van der Waals surface area contributed by atoms with E-state index in [1.807, 2.05) is 48.5 Å². The number of anilines is 1. The average Bonchev–Trinajstić information content (AvgIpc) is 3.15. The summed E-state index contributed by atoms with van der Waals surface area (Å²) >= 11 is 6.21. The Morgan fingerprint density at radius 2 is 1.60 bits per heavy atom. The lowest BCUT2D eigenvalue weighted by atomic mass is 9.93. The van der Waals surface area contributed by atoms with Gasteiger partial charge in [-0.05, 0) is 40.5 Å². The molecule has 0 radical (unpaired) electrons. The van der Waals surface area contributed by atoms with E-state index < -0.39 is 23.6 Å². The molecule has 0 unspecified atom stereocenters. The number of rotatable bonds is 5. The van der Waals surface area contributed by atoms with E-state index in [1.54, 1.807) is 0 Å². The van der Waals surface area contributed by atoms with Crippen molar-refractivity contribution >= 4 is 35.3 Å². The molecule has 3 aromatic rings. The predicted octanol–water partition coefficient (Wildman–Crippen LogP) is 3.97. The normalized spacial score (nSPS) is 15.5. The van der Waals surface area contributed by atoms with E-state index in [0.717, 1.165) is 22.3 Å². The molecule has 2 amide bonds. The summed E-state index contributed by atoms with van der Waals surface area (Å²) in [5, 5.41) is 21.7. The zero-order chi connectivity index (χ0) is 24.7. The molecule has 35 heavy (non-hydrogen) atoms. The van der Waals surface area contributed by atoms with Crippen LogP contribution < -0.4 is 5.32 Å². The highest BCUT2D eigenvalue weighted by atomic mass is 35.5. The number of β-amino-alcohol motifs (C(OH)–C–C–N with tert-alkyl or cyclic N) is 1. The van der Waals surface area contributed by atoms with Crippen LogP contribution in [-0.4, -0.2) is 58.4 Å². The molecule has 1 aliphatic carbocycles. The van der Waals surface area contributed by atoms with Crippen molar-refractivity contribution in [3.05, 3.63) is 88.4 Å². The molecule has 0 aromatic heterocycles. The van der Waals surface area contributed by atoms with Gasteiger partial charge in [0, 0.05) is 11.5 Å². The van der Waals surface area contributed by atoms with Crippen molar-refractivity contribution in [2.75, 3.05) is 25.0 Å². The topological polar surface area (TPSA) is 116 Å². The highest BCUT2D eigenvalue weighted by Crippen LogP contribution is 2.44. The molecule has 9 heteroatoms. The minimum Gasteiger partial charge on any atom is -0.479 e. The van der Waals surface area contributed by atoms with Crippen molar-refractivity contribution in [1.82, 2.24) is 4.90 Å². The third-order valence-corrected chi connectivity index (χ3v) is 6.71. The van der Waals surface area contributed by atoms with Crippen LogP contribution in [0.25, 0.3) is 11.1 Å². The highest BCUT2D eigenvalue weighted by molar-refractivity contribution is 6.33. The van der Waals surface area contributed by atoms with Crippen LogP contribution >= 0.6 is 11.6 Å². The van der Waals surface area contributed by atoms with Crippen molar-refractivity contribution in [3.8, 4) is 11.1 Å². The molecule has 1 fully saturated rings. The molecule has 5 rings (SSSR count). The van der Waals surface area contributed by atoms with E-state index in [1.165, 1.54) is 23.1 Å². The third-order valence-electron chi connectivity index (χ3n) is 6.38. The van der Waals surface area contributed by atoms with Gasteiger partial charge in [0.1, 0.15) is 6.61 Å². The van der Waals surface area contributed by atoms with Gasteiger partial charge in [-0.3, -0.25) is 10.1 Å². The molecular weight excluding hydrogens is 472 g/mol. The van der Waals surface area contributed by atoms with Crippen LogP contribution in [0.4, 0.5) is 10.5 Å². The van der Waals surface area contributed by atoms with Crippen LogP contribution in [0.2, 0.25) is 5.02 Å². The maximum absolute atomic E-state index is 12.7. The molecule has 1 heterocycles. The van der Waals surface area contributed by atoms with Crippen molar-refractivity contribution in [3.63, 3.8) is 0 Å². The molecule has 0 bridgehead atoms. The number of carbonyl (C=O) groups is 3. The third kappa shape index (κ3) is 4.11. The number of carboxylic acids is 1. The van der Waals surface area contributed by atoms with E-state index in [4.69, 9.17) is 21.4 Å². The summed E-state index contributed by atoms with van der Waals surface area (Å²) in [6.07, 6.45) is -0.720. The molecule has 178 valence electrons. The number of aliphatic carboxylic acids is 1. The van der Waals surface area contributed by atoms with E-state index in [0.29, 0.717) is 0 Å². The molecule has 3 aromatic carbocycles. The first-order chi connectivity index (χ1) is 16.8. The van der Waals surface area contributed by atoms with Crippen LogP contribution in [-0.2, 0) is 9.53 Å². The maximum atomic E-state index is 12.7. The molecule has 1 aliphatic heterocycles. The number of aliphatic hydroxyl groups is 1. The summed E-state index contributed by atoms with van der Waals surface area (Å²) < 4.78 is 5.53. The number of carboxylic acid groups (broad SMARTS) is 1. The van der Waals surface area contributed by atoms with Gasteiger partial charge in [0.2, 0.25) is 0 Å². The first-order valence-electron chi connectivity index (χ1n) is 10.9. The number of carbonyl (C=O) groups excluding carboxylic acids is 2. The number of hydrogen-bond acceptors (Lipinski definition) is 5. The van der Waals surface area contributed by atoms with Gasteiger partial charge in [-0.1, -0.05) is 60.1 Å². The van der Waals surface area contributed by atoms with Crippen molar-refractivity contribution in [1.29, 1.82) is 0 Å². The number of amides is 2. The lowest BCUT2D eigenvalue weighted by Crippen LogP contribution is -2.67. The quantitative estimate of drug-likeness (QED) is 0.496. The van der Waals surface area contributed by atoms with Crippen LogP contribution in [0.3, 0.4) is 0 Å². The Bertz CT molecular complexity index is 1310. The van der Waals surface area contributed by atoms with E-state index in [2.05, 4.69) is 5.32 Å². The molecule has 2 aliphatic rings. The minimum absolute atomic E-state index is 0.101.